The highest BCUT2D eigenvalue weighted by atomic mass is 35.5. The van der Waals surface area contributed by atoms with Crippen molar-refractivity contribution in [2.45, 2.75) is 30.4 Å². The van der Waals surface area contributed by atoms with Gasteiger partial charge in [-0.15, -0.1) is 0 Å². The molecule has 1 N–H and O–H groups in total. The molecule has 2 aromatic rings. The molecule has 0 radical (unpaired) electrons. The second-order valence-corrected chi connectivity index (χ2v) is 8.16. The van der Waals surface area contributed by atoms with Crippen molar-refractivity contribution in [1.82, 2.24) is 10.3 Å². The molecule has 1 aromatic heterocycles. The molecule has 1 saturated heterocycles. The molecule has 1 aliphatic heterocycles. The summed E-state index contributed by atoms with van der Waals surface area (Å²) in [5, 5.41) is 2.62. The summed E-state index contributed by atoms with van der Waals surface area (Å²) in [5.74, 6) is 0.783. The fourth-order valence-corrected chi connectivity index (χ4v) is 4.79. The fourth-order valence-electron chi connectivity index (χ4n) is 3.35. The van der Waals surface area contributed by atoms with E-state index in [-0.39, 0.29) is 17.1 Å². The number of hydrogen-bond acceptors (Lipinski definition) is 5. The van der Waals surface area contributed by atoms with Gasteiger partial charge in [0.05, 0.1) is 11.2 Å². The third-order valence-corrected chi connectivity index (χ3v) is 6.14. The highest BCUT2D eigenvalue weighted by Gasteiger charge is 2.41. The maximum atomic E-state index is 12.0. The minimum absolute atomic E-state index is 0.0663. The summed E-state index contributed by atoms with van der Waals surface area (Å²) in [7, 11) is 0. The topological polar surface area (TPSA) is 68.3 Å². The van der Waals surface area contributed by atoms with Crippen molar-refractivity contribution in [2.24, 2.45) is 0 Å². The molecule has 0 bridgehead atoms. The van der Waals surface area contributed by atoms with Gasteiger partial charge < -0.3 is 4.74 Å². The summed E-state index contributed by atoms with van der Waals surface area (Å²) in [6, 6.07) is 6.96. The van der Waals surface area contributed by atoms with Gasteiger partial charge in [0.2, 0.25) is 5.91 Å². The quantitative estimate of drug-likeness (QED) is 0.777. The Morgan fingerprint density at radius 2 is 2.08 bits per heavy atom. The van der Waals surface area contributed by atoms with Gasteiger partial charge in [-0.2, -0.15) is 0 Å². The summed E-state index contributed by atoms with van der Waals surface area (Å²) < 4.78 is 5.84. The fraction of sp³-hybridized carbons (Fsp3) is 0.278. The van der Waals surface area contributed by atoms with Crippen molar-refractivity contribution < 1.29 is 14.3 Å². The lowest BCUT2D eigenvalue weighted by atomic mass is 9.84. The normalized spacial score (nSPS) is 22.1. The van der Waals surface area contributed by atoms with Gasteiger partial charge >= 0.3 is 0 Å². The van der Waals surface area contributed by atoms with Gasteiger partial charge in [-0.1, -0.05) is 35.0 Å². The van der Waals surface area contributed by atoms with E-state index in [9.17, 15) is 9.59 Å². The number of thioether (sulfide) groups is 1. The maximum Gasteiger partial charge on any atom is 0.286 e. The van der Waals surface area contributed by atoms with Crippen LogP contribution in [0.4, 0.5) is 4.79 Å². The third-order valence-electron chi connectivity index (χ3n) is 4.49. The number of benzene rings is 1. The van der Waals surface area contributed by atoms with Gasteiger partial charge in [-0.05, 0) is 49.1 Å². The second kappa shape index (κ2) is 7.10. The molecule has 2 atom stereocenters. The molecule has 1 fully saturated rings. The van der Waals surface area contributed by atoms with Crippen LogP contribution in [0.5, 0.6) is 11.5 Å². The number of hydrogen-bond donors (Lipinski definition) is 1. The lowest BCUT2D eigenvalue weighted by Gasteiger charge is -2.27. The van der Waals surface area contributed by atoms with Crippen molar-refractivity contribution in [3.05, 3.63) is 51.8 Å². The van der Waals surface area contributed by atoms with E-state index < -0.39 is 5.25 Å². The Hall–Kier alpha value is -1.76. The summed E-state index contributed by atoms with van der Waals surface area (Å²) in [4.78, 5) is 28.1. The molecule has 2 aliphatic rings. The van der Waals surface area contributed by atoms with Gasteiger partial charge in [0, 0.05) is 16.6 Å². The lowest BCUT2D eigenvalue weighted by Crippen LogP contribution is -2.30. The zero-order valence-corrected chi connectivity index (χ0v) is 15.8. The van der Waals surface area contributed by atoms with Crippen LogP contribution in [0.25, 0.3) is 0 Å². The Kier molecular flexibility index (Phi) is 4.82. The van der Waals surface area contributed by atoms with Crippen LogP contribution in [0.15, 0.2) is 30.5 Å². The first-order valence-corrected chi connectivity index (χ1v) is 9.78. The predicted octanol–water partition coefficient (Wildman–Crippen LogP) is 4.95. The number of aromatic nitrogens is 1. The van der Waals surface area contributed by atoms with Crippen molar-refractivity contribution in [3.63, 3.8) is 0 Å². The number of nitrogens with one attached hydrogen (secondary N) is 1. The molecule has 134 valence electrons. The largest absolute Gasteiger partial charge is 0.454 e. The monoisotopic (exact) mass is 408 g/mol. The zero-order chi connectivity index (χ0) is 18.3. The van der Waals surface area contributed by atoms with Crippen LogP contribution in [0, 0.1) is 0 Å². The highest BCUT2D eigenvalue weighted by Crippen LogP contribution is 2.41. The predicted molar refractivity (Wildman–Crippen MR) is 101 cm³/mol. The second-order valence-electron chi connectivity index (χ2n) is 6.21. The number of carbonyl (C=O) groups excluding carboxylic acids is 2. The number of halogens is 2. The molecule has 2 unspecified atom stereocenters. The molecule has 2 heterocycles. The van der Waals surface area contributed by atoms with Crippen molar-refractivity contribution >= 4 is 46.1 Å². The number of amides is 2. The molecule has 5 nitrogen and oxygen atoms in total. The number of imide groups is 1. The van der Waals surface area contributed by atoms with Gasteiger partial charge in [-0.25, -0.2) is 0 Å². The van der Waals surface area contributed by atoms with E-state index >= 15 is 0 Å². The molecular weight excluding hydrogens is 395 g/mol. The van der Waals surface area contributed by atoms with E-state index in [4.69, 9.17) is 27.9 Å². The van der Waals surface area contributed by atoms with Crippen LogP contribution in [0.1, 0.15) is 30.0 Å². The number of carbonyl (C=O) groups is 2. The van der Waals surface area contributed by atoms with Crippen LogP contribution in [0.2, 0.25) is 10.0 Å². The van der Waals surface area contributed by atoms with Crippen molar-refractivity contribution in [1.29, 1.82) is 0 Å². The molecular formula is C18H14Cl2N2O3S. The van der Waals surface area contributed by atoms with Gasteiger partial charge in [0.1, 0.15) is 16.7 Å². The van der Waals surface area contributed by atoms with Gasteiger partial charge in [-0.3, -0.25) is 19.9 Å². The molecule has 8 heteroatoms. The van der Waals surface area contributed by atoms with Crippen LogP contribution in [-0.4, -0.2) is 21.4 Å². The minimum atomic E-state index is -0.411. The number of pyridine rings is 1. The summed E-state index contributed by atoms with van der Waals surface area (Å²) in [6.45, 7) is 0. The van der Waals surface area contributed by atoms with Crippen LogP contribution >= 0.6 is 35.0 Å². The van der Waals surface area contributed by atoms with E-state index in [0.29, 0.717) is 21.5 Å². The molecule has 4 rings (SSSR count). The molecule has 2 amide bonds. The smallest absolute Gasteiger partial charge is 0.286 e. The number of aryl methyl sites for hydroxylation is 1. The molecule has 1 aromatic carbocycles. The van der Waals surface area contributed by atoms with Gasteiger partial charge in [0.25, 0.3) is 5.24 Å². The average Bonchev–Trinajstić information content (AvgIpc) is 2.95. The standard InChI is InChI=1S/C18H14Cl2N2O3S/c19-10-4-5-14(13(20)7-10)25-11-6-9-2-1-3-12(15(9)21-8-11)16-17(23)22-18(24)26-16/h4-8,12,16H,1-3H2,(H,22,23,24). The lowest BCUT2D eigenvalue weighted by molar-refractivity contribution is -0.119. The zero-order valence-electron chi connectivity index (χ0n) is 13.5. The van der Waals surface area contributed by atoms with Crippen molar-refractivity contribution in [3.8, 4) is 11.5 Å². The van der Waals surface area contributed by atoms with E-state index in [1.807, 2.05) is 6.07 Å². The van der Waals surface area contributed by atoms with E-state index in [2.05, 4.69) is 10.3 Å². The van der Waals surface area contributed by atoms with Crippen LogP contribution in [-0.2, 0) is 11.2 Å². The highest BCUT2D eigenvalue weighted by molar-refractivity contribution is 8.15. The van der Waals surface area contributed by atoms with E-state index in [1.54, 1.807) is 24.4 Å². The minimum Gasteiger partial charge on any atom is -0.454 e. The Bertz CT molecular complexity index is 906. The summed E-state index contributed by atoms with van der Waals surface area (Å²) >= 11 is 13.1. The van der Waals surface area contributed by atoms with E-state index in [1.165, 1.54) is 0 Å². The Labute approximate surface area is 164 Å². The van der Waals surface area contributed by atoms with Gasteiger partial charge in [0.15, 0.2) is 0 Å². The number of nitrogens with zero attached hydrogens (tertiary/aromatic N) is 1. The average molecular weight is 409 g/mol. The molecule has 26 heavy (non-hydrogen) atoms. The van der Waals surface area contributed by atoms with E-state index in [0.717, 1.165) is 42.3 Å². The first-order chi connectivity index (χ1) is 12.5. The SMILES string of the molecule is O=C1NC(=O)C(C2CCCc3cc(Oc4ccc(Cl)cc4Cl)cnc32)S1. The summed E-state index contributed by atoms with van der Waals surface area (Å²) in [6.07, 6.45) is 4.25. The van der Waals surface area contributed by atoms with Crippen LogP contribution in [0.3, 0.4) is 0 Å². The Morgan fingerprint density at radius 3 is 2.81 bits per heavy atom. The number of rotatable bonds is 3. The number of fused-ring (bicyclic) bond motifs is 1. The third kappa shape index (κ3) is 3.41. The molecule has 0 saturated carbocycles. The molecule has 1 aliphatic carbocycles. The van der Waals surface area contributed by atoms with Crippen molar-refractivity contribution in [2.75, 3.05) is 0 Å². The first kappa shape index (κ1) is 17.6. The Balaban J connectivity index is 1.60. The molecule has 0 spiro atoms. The summed E-state index contributed by atoms with van der Waals surface area (Å²) in [5.41, 5.74) is 1.91. The Morgan fingerprint density at radius 1 is 1.23 bits per heavy atom. The van der Waals surface area contributed by atoms with Crippen LogP contribution < -0.4 is 10.1 Å². The maximum absolute atomic E-state index is 12.0. The first-order valence-electron chi connectivity index (χ1n) is 8.14. The number of ether oxygens (including phenoxy) is 1.